The molecule has 0 spiro atoms. The second-order valence-electron chi connectivity index (χ2n) is 7.19. The van der Waals surface area contributed by atoms with Crippen molar-refractivity contribution in [2.24, 2.45) is 4.99 Å². The second-order valence-corrected chi connectivity index (χ2v) is 7.19. The standard InChI is InChI=1S/C21H25N3O/c1-12-6-5-7-16-15(12)9-18(23-16)19-11-21(25-4)20(24-19)10-17-13(2)8-14(3)22-17/h8-12,23-24H,5-7H2,1-4H3. The lowest BCUT2D eigenvalue weighted by Crippen LogP contribution is -2.04. The largest absolute Gasteiger partial charge is 0.494 e. The minimum Gasteiger partial charge on any atom is -0.494 e. The molecule has 1 aliphatic heterocycles. The van der Waals surface area contributed by atoms with Gasteiger partial charge in [0.1, 0.15) is 5.75 Å². The molecule has 0 bridgehead atoms. The molecule has 1 aliphatic carbocycles. The van der Waals surface area contributed by atoms with Crippen LogP contribution in [0.1, 0.15) is 56.5 Å². The van der Waals surface area contributed by atoms with Crippen molar-refractivity contribution in [1.82, 2.24) is 9.97 Å². The topological polar surface area (TPSA) is 53.2 Å². The van der Waals surface area contributed by atoms with Crippen molar-refractivity contribution in [1.29, 1.82) is 0 Å². The van der Waals surface area contributed by atoms with Crippen molar-refractivity contribution in [3.63, 3.8) is 0 Å². The lowest BCUT2D eigenvalue weighted by molar-refractivity contribution is 0.414. The van der Waals surface area contributed by atoms with Gasteiger partial charge in [-0.25, -0.2) is 0 Å². The maximum absolute atomic E-state index is 5.59. The van der Waals surface area contributed by atoms with Gasteiger partial charge in [-0.05, 0) is 68.4 Å². The quantitative estimate of drug-likeness (QED) is 0.794. The normalized spacial score (nSPS) is 21.3. The third-order valence-corrected chi connectivity index (χ3v) is 5.26. The smallest absolute Gasteiger partial charge is 0.144 e. The van der Waals surface area contributed by atoms with E-state index < -0.39 is 0 Å². The van der Waals surface area contributed by atoms with Crippen molar-refractivity contribution in [3.05, 3.63) is 46.4 Å². The lowest BCUT2D eigenvalue weighted by Gasteiger charge is -2.17. The molecule has 4 rings (SSSR count). The Balaban J connectivity index is 1.72. The molecule has 0 fully saturated rings. The van der Waals surface area contributed by atoms with E-state index in [2.05, 4.69) is 53.1 Å². The fraction of sp³-hybridized carbons (Fsp3) is 0.381. The molecule has 2 aliphatic rings. The first-order valence-electron chi connectivity index (χ1n) is 9.00. The molecule has 2 aromatic rings. The summed E-state index contributed by atoms with van der Waals surface area (Å²) in [6, 6.07) is 4.36. The molecule has 4 nitrogen and oxygen atoms in total. The summed E-state index contributed by atoms with van der Waals surface area (Å²) in [5.74, 6) is 1.48. The van der Waals surface area contributed by atoms with Crippen molar-refractivity contribution in [2.75, 3.05) is 7.11 Å². The summed E-state index contributed by atoms with van der Waals surface area (Å²) >= 11 is 0. The van der Waals surface area contributed by atoms with Crippen LogP contribution in [0.5, 0.6) is 5.75 Å². The van der Waals surface area contributed by atoms with Crippen LogP contribution >= 0.6 is 0 Å². The van der Waals surface area contributed by atoms with Crippen LogP contribution in [0, 0.1) is 0 Å². The van der Waals surface area contributed by atoms with Gasteiger partial charge in [0.05, 0.1) is 29.9 Å². The Bertz CT molecular complexity index is 908. The number of hydrogen-bond donors (Lipinski definition) is 2. The number of nitrogens with one attached hydrogen (secondary N) is 2. The summed E-state index contributed by atoms with van der Waals surface area (Å²) in [5.41, 5.74) is 9.22. The first-order chi connectivity index (χ1) is 12.0. The monoisotopic (exact) mass is 335 g/mol. The highest BCUT2D eigenvalue weighted by Crippen LogP contribution is 2.36. The molecule has 130 valence electrons. The number of aromatic nitrogens is 2. The molecule has 4 heteroatoms. The highest BCUT2D eigenvalue weighted by molar-refractivity contribution is 5.98. The molecule has 25 heavy (non-hydrogen) atoms. The maximum Gasteiger partial charge on any atom is 0.144 e. The van der Waals surface area contributed by atoms with Crippen molar-refractivity contribution < 1.29 is 4.74 Å². The van der Waals surface area contributed by atoms with Gasteiger partial charge in [0.15, 0.2) is 0 Å². The van der Waals surface area contributed by atoms with Crippen LogP contribution < -0.4 is 4.74 Å². The molecule has 0 saturated heterocycles. The summed E-state index contributed by atoms with van der Waals surface area (Å²) in [6.07, 6.45) is 7.85. The second kappa shape index (κ2) is 6.10. The first-order valence-corrected chi connectivity index (χ1v) is 9.00. The van der Waals surface area contributed by atoms with Crippen LogP contribution in [-0.2, 0) is 6.42 Å². The molecular weight excluding hydrogens is 310 g/mol. The van der Waals surface area contributed by atoms with Gasteiger partial charge in [0, 0.05) is 17.5 Å². The van der Waals surface area contributed by atoms with E-state index in [-0.39, 0.29) is 0 Å². The Morgan fingerprint density at radius 2 is 2.00 bits per heavy atom. The zero-order valence-corrected chi connectivity index (χ0v) is 15.4. The summed E-state index contributed by atoms with van der Waals surface area (Å²) in [5, 5.41) is 0. The number of H-pyrrole nitrogens is 2. The molecule has 0 saturated carbocycles. The van der Waals surface area contributed by atoms with Gasteiger partial charge in [-0.2, -0.15) is 0 Å². The molecule has 0 amide bonds. The zero-order chi connectivity index (χ0) is 17.6. The van der Waals surface area contributed by atoms with Crippen LogP contribution in [0.25, 0.3) is 17.5 Å². The summed E-state index contributed by atoms with van der Waals surface area (Å²) < 4.78 is 5.59. The average Bonchev–Trinajstić information content (AvgIpc) is 3.25. The number of methoxy groups -OCH3 is 1. The SMILES string of the molecule is COc1cc(-c2cc3c([nH]2)CCCC3C)[nH]c1C=C1N=C(C)C=C1C. The zero-order valence-electron chi connectivity index (χ0n) is 15.4. The Morgan fingerprint density at radius 3 is 2.68 bits per heavy atom. The van der Waals surface area contributed by atoms with E-state index in [1.807, 2.05) is 6.92 Å². The van der Waals surface area contributed by atoms with Crippen LogP contribution in [0.3, 0.4) is 0 Å². The van der Waals surface area contributed by atoms with Gasteiger partial charge >= 0.3 is 0 Å². The van der Waals surface area contributed by atoms with E-state index >= 15 is 0 Å². The predicted molar refractivity (Wildman–Crippen MR) is 103 cm³/mol. The molecule has 1 atom stereocenters. The molecule has 2 N–H and O–H groups in total. The van der Waals surface area contributed by atoms with Crippen molar-refractivity contribution >= 4 is 11.8 Å². The Kier molecular flexibility index (Phi) is 3.91. The number of aromatic amines is 2. The third-order valence-electron chi connectivity index (χ3n) is 5.26. The van der Waals surface area contributed by atoms with Crippen LogP contribution in [0.4, 0.5) is 0 Å². The number of rotatable bonds is 3. The van der Waals surface area contributed by atoms with E-state index in [1.54, 1.807) is 7.11 Å². The molecule has 0 aromatic carbocycles. The van der Waals surface area contributed by atoms with E-state index in [1.165, 1.54) is 29.7 Å². The number of hydrogen-bond acceptors (Lipinski definition) is 2. The summed E-state index contributed by atoms with van der Waals surface area (Å²) in [7, 11) is 1.71. The van der Waals surface area contributed by atoms with E-state index in [0.717, 1.165) is 40.7 Å². The number of aliphatic imine (C=N–C) groups is 1. The third kappa shape index (κ3) is 2.86. The fourth-order valence-corrected chi connectivity index (χ4v) is 3.90. The Hall–Kier alpha value is -2.49. The molecule has 0 radical (unpaired) electrons. The molecule has 2 aromatic heterocycles. The Labute approximate surface area is 148 Å². The molecule has 1 unspecified atom stereocenters. The van der Waals surface area contributed by atoms with Gasteiger partial charge in [-0.15, -0.1) is 0 Å². The fourth-order valence-electron chi connectivity index (χ4n) is 3.90. The van der Waals surface area contributed by atoms with Crippen LogP contribution in [-0.4, -0.2) is 22.8 Å². The van der Waals surface area contributed by atoms with E-state index in [4.69, 9.17) is 4.74 Å². The van der Waals surface area contributed by atoms with Crippen molar-refractivity contribution in [2.45, 2.75) is 46.0 Å². The van der Waals surface area contributed by atoms with Gasteiger partial charge < -0.3 is 14.7 Å². The van der Waals surface area contributed by atoms with Gasteiger partial charge in [0.25, 0.3) is 0 Å². The maximum atomic E-state index is 5.59. The minimum absolute atomic E-state index is 0.635. The van der Waals surface area contributed by atoms with Gasteiger partial charge in [-0.1, -0.05) is 6.92 Å². The Morgan fingerprint density at radius 1 is 1.20 bits per heavy atom. The summed E-state index contributed by atoms with van der Waals surface area (Å²) in [6.45, 7) is 6.42. The van der Waals surface area contributed by atoms with E-state index in [0.29, 0.717) is 5.92 Å². The highest BCUT2D eigenvalue weighted by atomic mass is 16.5. The number of fused-ring (bicyclic) bond motifs is 1. The first kappa shape index (κ1) is 16.0. The number of nitrogens with zero attached hydrogens (tertiary/aromatic N) is 1. The molecular formula is C21H25N3O. The molecule has 3 heterocycles. The van der Waals surface area contributed by atoms with Crippen molar-refractivity contribution in [3.8, 4) is 17.1 Å². The number of aryl methyl sites for hydroxylation is 1. The van der Waals surface area contributed by atoms with E-state index in [9.17, 15) is 0 Å². The van der Waals surface area contributed by atoms with Gasteiger partial charge in [0.2, 0.25) is 0 Å². The minimum atomic E-state index is 0.635. The van der Waals surface area contributed by atoms with Gasteiger partial charge in [-0.3, -0.25) is 4.99 Å². The van der Waals surface area contributed by atoms with Crippen LogP contribution in [0.15, 0.2) is 34.5 Å². The number of ether oxygens (including phenoxy) is 1. The lowest BCUT2D eigenvalue weighted by atomic mass is 9.88. The predicted octanol–water partition coefficient (Wildman–Crippen LogP) is 5.22. The number of allylic oxidation sites excluding steroid dienone is 2. The highest BCUT2D eigenvalue weighted by Gasteiger charge is 2.21. The average molecular weight is 335 g/mol. The summed E-state index contributed by atoms with van der Waals surface area (Å²) in [4.78, 5) is 11.7. The van der Waals surface area contributed by atoms with Crippen LogP contribution in [0.2, 0.25) is 0 Å².